The molecule has 1 aliphatic carbocycles. The van der Waals surface area contributed by atoms with Crippen LogP contribution in [0.25, 0.3) is 0 Å². The maximum absolute atomic E-state index is 11.9. The summed E-state index contributed by atoms with van der Waals surface area (Å²) in [7, 11) is 0. The van der Waals surface area contributed by atoms with Crippen molar-refractivity contribution in [3.63, 3.8) is 0 Å². The molecule has 6 nitrogen and oxygen atoms in total. The zero-order chi connectivity index (χ0) is 18.4. The quantitative estimate of drug-likeness (QED) is 0.757. The summed E-state index contributed by atoms with van der Waals surface area (Å²) in [6.45, 7) is 0.858. The Morgan fingerprint density at radius 3 is 2.77 bits per heavy atom. The van der Waals surface area contributed by atoms with Gasteiger partial charge in [0, 0.05) is 17.6 Å². The predicted molar refractivity (Wildman–Crippen MR) is 99.2 cm³/mol. The molecule has 1 saturated carbocycles. The van der Waals surface area contributed by atoms with E-state index < -0.39 is 18.1 Å². The van der Waals surface area contributed by atoms with Gasteiger partial charge in [0.2, 0.25) is 0 Å². The number of hydrogen-bond acceptors (Lipinski definition) is 5. The van der Waals surface area contributed by atoms with E-state index in [-0.39, 0.29) is 12.2 Å². The molecule has 3 rings (SSSR count). The van der Waals surface area contributed by atoms with Gasteiger partial charge < -0.3 is 19.9 Å². The topological polar surface area (TPSA) is 84.9 Å². The summed E-state index contributed by atoms with van der Waals surface area (Å²) < 4.78 is 11.0. The number of hydrogen-bond donors (Lipinski definition) is 2. The van der Waals surface area contributed by atoms with Crippen molar-refractivity contribution < 1.29 is 24.2 Å². The number of thioether (sulfide) groups is 1. The number of ether oxygens (including phenoxy) is 2. The Morgan fingerprint density at radius 1 is 1.35 bits per heavy atom. The highest BCUT2D eigenvalue weighted by Gasteiger charge is 2.42. The van der Waals surface area contributed by atoms with Crippen LogP contribution in [0.5, 0.6) is 0 Å². The number of carbonyl (C=O) groups is 2. The summed E-state index contributed by atoms with van der Waals surface area (Å²) in [4.78, 5) is 23.4. The average molecular weight is 379 g/mol. The summed E-state index contributed by atoms with van der Waals surface area (Å²) in [5, 5.41) is 12.2. The molecule has 0 bridgehead atoms. The van der Waals surface area contributed by atoms with Crippen LogP contribution in [-0.4, -0.2) is 46.4 Å². The molecule has 0 radical (unpaired) electrons. The molecule has 2 N–H and O–H groups in total. The molecule has 2 aliphatic rings. The van der Waals surface area contributed by atoms with Gasteiger partial charge in [0.25, 0.3) is 0 Å². The lowest BCUT2D eigenvalue weighted by Gasteiger charge is -2.47. The van der Waals surface area contributed by atoms with Crippen molar-refractivity contribution in [1.82, 2.24) is 5.32 Å². The number of carboxylic acids is 1. The highest BCUT2D eigenvalue weighted by Crippen LogP contribution is 2.45. The van der Waals surface area contributed by atoms with E-state index in [4.69, 9.17) is 9.47 Å². The maximum atomic E-state index is 11.9. The first kappa shape index (κ1) is 19.0. The van der Waals surface area contributed by atoms with Crippen LogP contribution < -0.4 is 5.32 Å². The Bertz CT molecular complexity index is 620. The fraction of sp³-hybridized carbons (Fsp3) is 0.579. The van der Waals surface area contributed by atoms with E-state index >= 15 is 0 Å². The van der Waals surface area contributed by atoms with Crippen LogP contribution >= 0.6 is 11.8 Å². The van der Waals surface area contributed by atoms with E-state index in [0.29, 0.717) is 11.0 Å². The first-order chi connectivity index (χ1) is 12.6. The van der Waals surface area contributed by atoms with Crippen LogP contribution in [0.2, 0.25) is 0 Å². The molecule has 0 aromatic heterocycles. The fourth-order valence-corrected chi connectivity index (χ4v) is 4.73. The molecule has 7 heteroatoms. The van der Waals surface area contributed by atoms with Gasteiger partial charge in [0.1, 0.15) is 12.6 Å². The number of carbonyl (C=O) groups excluding carboxylic acids is 1. The number of alkyl carbamates (subject to hydrolysis) is 1. The predicted octanol–water partition coefficient (Wildman–Crippen LogP) is 3.20. The maximum Gasteiger partial charge on any atom is 0.408 e. The highest BCUT2D eigenvalue weighted by molar-refractivity contribution is 8.00. The molecular formula is C19H25NO5S. The first-order valence-corrected chi connectivity index (χ1v) is 10.1. The summed E-state index contributed by atoms with van der Waals surface area (Å²) in [5.74, 6) is -0.712. The van der Waals surface area contributed by atoms with Crippen LogP contribution in [0.4, 0.5) is 4.79 Å². The second kappa shape index (κ2) is 8.77. The number of aliphatic carboxylic acids is 1. The third-order valence-corrected chi connectivity index (χ3v) is 6.41. The van der Waals surface area contributed by atoms with E-state index in [9.17, 15) is 14.7 Å². The molecular weight excluding hydrogens is 354 g/mol. The van der Waals surface area contributed by atoms with Gasteiger partial charge in [0.05, 0.1) is 5.60 Å². The lowest BCUT2D eigenvalue weighted by molar-refractivity contribution is -0.138. The molecule has 1 spiro atoms. The van der Waals surface area contributed by atoms with Gasteiger partial charge >= 0.3 is 12.1 Å². The fourth-order valence-electron chi connectivity index (χ4n) is 3.36. The summed E-state index contributed by atoms with van der Waals surface area (Å²) in [5.41, 5.74) is 0.897. The summed E-state index contributed by atoms with van der Waals surface area (Å²) in [6.07, 6.45) is 4.63. The van der Waals surface area contributed by atoms with E-state index in [2.05, 4.69) is 5.32 Å². The number of carboxylic acid groups (broad SMARTS) is 1. The Hall–Kier alpha value is -1.73. The van der Waals surface area contributed by atoms with Gasteiger partial charge in [-0.3, -0.25) is 0 Å². The molecule has 2 atom stereocenters. The monoisotopic (exact) mass is 379 g/mol. The van der Waals surface area contributed by atoms with Crippen LogP contribution in [-0.2, 0) is 20.9 Å². The third kappa shape index (κ3) is 5.14. The van der Waals surface area contributed by atoms with Crippen molar-refractivity contribution >= 4 is 23.8 Å². The van der Waals surface area contributed by atoms with Crippen molar-refractivity contribution in [2.45, 2.75) is 55.6 Å². The standard InChI is InChI=1S/C19H25NO5S/c21-17(22)16(20-18(23)24-12-14-5-2-1-3-6-14)13-26-15-7-10-25-19(11-15)8-4-9-19/h1-3,5-6,15-16H,4,7-13H2,(H,20,23)(H,21,22). The van der Waals surface area contributed by atoms with Crippen LogP contribution in [0, 0.1) is 0 Å². The first-order valence-electron chi connectivity index (χ1n) is 9.02. The van der Waals surface area contributed by atoms with Crippen LogP contribution in [0.15, 0.2) is 30.3 Å². The SMILES string of the molecule is O=C(NC(CSC1CCOC2(CCC2)C1)C(=O)O)OCc1ccccc1. The minimum Gasteiger partial charge on any atom is -0.480 e. The lowest BCUT2D eigenvalue weighted by atomic mass is 9.75. The van der Waals surface area contributed by atoms with Crippen LogP contribution in [0.1, 0.15) is 37.7 Å². The Balaban J connectivity index is 1.43. The van der Waals surface area contributed by atoms with Gasteiger partial charge in [0.15, 0.2) is 0 Å². The number of rotatable bonds is 7. The largest absolute Gasteiger partial charge is 0.480 e. The van der Waals surface area contributed by atoms with Crippen molar-refractivity contribution in [2.24, 2.45) is 0 Å². The van der Waals surface area contributed by atoms with E-state index in [0.717, 1.165) is 37.9 Å². The Kier molecular flexibility index (Phi) is 6.43. The van der Waals surface area contributed by atoms with Crippen LogP contribution in [0.3, 0.4) is 0 Å². The Morgan fingerprint density at radius 2 is 2.12 bits per heavy atom. The third-order valence-electron chi connectivity index (χ3n) is 5.01. The molecule has 1 saturated heterocycles. The van der Waals surface area contributed by atoms with E-state index in [1.807, 2.05) is 30.3 Å². The second-order valence-corrected chi connectivity index (χ2v) is 8.26. The van der Waals surface area contributed by atoms with Crippen molar-refractivity contribution in [1.29, 1.82) is 0 Å². The number of benzene rings is 1. The lowest BCUT2D eigenvalue weighted by Crippen LogP contribution is -2.47. The molecule has 26 heavy (non-hydrogen) atoms. The van der Waals surface area contributed by atoms with E-state index in [1.54, 1.807) is 11.8 Å². The summed E-state index contributed by atoms with van der Waals surface area (Å²) >= 11 is 1.61. The minimum absolute atomic E-state index is 0.0384. The molecule has 1 heterocycles. The smallest absolute Gasteiger partial charge is 0.408 e. The van der Waals surface area contributed by atoms with Gasteiger partial charge in [-0.05, 0) is 37.7 Å². The minimum atomic E-state index is -1.04. The zero-order valence-corrected chi connectivity index (χ0v) is 15.5. The number of nitrogens with one attached hydrogen (secondary N) is 1. The molecule has 1 aromatic rings. The molecule has 142 valence electrons. The molecule has 1 amide bonds. The molecule has 1 aromatic carbocycles. The molecule has 2 unspecified atom stereocenters. The second-order valence-electron chi connectivity index (χ2n) is 6.93. The summed E-state index contributed by atoms with van der Waals surface area (Å²) in [6, 6.07) is 8.33. The van der Waals surface area contributed by atoms with E-state index in [1.165, 1.54) is 6.42 Å². The van der Waals surface area contributed by atoms with Crippen molar-refractivity contribution in [3.8, 4) is 0 Å². The highest BCUT2D eigenvalue weighted by atomic mass is 32.2. The van der Waals surface area contributed by atoms with Gasteiger partial charge in [-0.15, -0.1) is 0 Å². The normalized spacial score (nSPS) is 22.2. The zero-order valence-electron chi connectivity index (χ0n) is 14.7. The van der Waals surface area contributed by atoms with Gasteiger partial charge in [-0.1, -0.05) is 30.3 Å². The van der Waals surface area contributed by atoms with Crippen molar-refractivity contribution in [3.05, 3.63) is 35.9 Å². The number of amides is 1. The molecule has 1 aliphatic heterocycles. The van der Waals surface area contributed by atoms with Gasteiger partial charge in [-0.25, -0.2) is 9.59 Å². The van der Waals surface area contributed by atoms with Crippen molar-refractivity contribution in [2.75, 3.05) is 12.4 Å². The van der Waals surface area contributed by atoms with Gasteiger partial charge in [-0.2, -0.15) is 11.8 Å². The Labute approximate surface area is 157 Å². The molecule has 2 fully saturated rings. The average Bonchev–Trinajstić information content (AvgIpc) is 2.63.